The average molecular weight is 323 g/mol. The van der Waals surface area contributed by atoms with Crippen molar-refractivity contribution in [2.24, 2.45) is 0 Å². The van der Waals surface area contributed by atoms with Crippen molar-refractivity contribution < 1.29 is 9.21 Å². The minimum atomic E-state index is -0.264. The number of carbonyl (C=O) groups excluding carboxylic acids is 1. The van der Waals surface area contributed by atoms with Gasteiger partial charge in [0.05, 0.1) is 22.6 Å². The molecule has 0 saturated carbocycles. The van der Waals surface area contributed by atoms with Crippen LogP contribution >= 0.6 is 11.8 Å². The van der Waals surface area contributed by atoms with Crippen molar-refractivity contribution in [1.82, 2.24) is 0 Å². The van der Waals surface area contributed by atoms with E-state index in [0.29, 0.717) is 16.5 Å². The molecule has 0 bridgehead atoms. The summed E-state index contributed by atoms with van der Waals surface area (Å²) in [5, 5.41) is 3.17. The predicted octanol–water partition coefficient (Wildman–Crippen LogP) is 3.97. The predicted molar refractivity (Wildman–Crippen MR) is 90.8 cm³/mol. The van der Waals surface area contributed by atoms with E-state index in [1.54, 1.807) is 12.1 Å². The van der Waals surface area contributed by atoms with Gasteiger partial charge in [-0.3, -0.25) is 9.59 Å². The van der Waals surface area contributed by atoms with Crippen LogP contribution in [-0.2, 0) is 4.79 Å². The maximum atomic E-state index is 12.8. The van der Waals surface area contributed by atoms with Gasteiger partial charge in [0, 0.05) is 16.9 Å². The summed E-state index contributed by atoms with van der Waals surface area (Å²) in [6.07, 6.45) is 1.73. The number of fused-ring (bicyclic) bond motifs is 2. The molecule has 4 nitrogen and oxygen atoms in total. The van der Waals surface area contributed by atoms with Crippen molar-refractivity contribution >= 4 is 34.3 Å². The first-order valence-electron chi connectivity index (χ1n) is 7.28. The normalized spacial score (nSPS) is 17.4. The molecule has 1 aromatic heterocycles. The summed E-state index contributed by atoms with van der Waals surface area (Å²) in [4.78, 5) is 25.9. The van der Waals surface area contributed by atoms with Gasteiger partial charge in [-0.25, -0.2) is 0 Å². The van der Waals surface area contributed by atoms with Crippen molar-refractivity contribution in [3.8, 4) is 0 Å². The van der Waals surface area contributed by atoms with Crippen LogP contribution in [0.5, 0.6) is 0 Å². The molecule has 23 heavy (non-hydrogen) atoms. The van der Waals surface area contributed by atoms with Crippen LogP contribution in [0.15, 0.2) is 68.9 Å². The number of hydrogen-bond acceptors (Lipinski definition) is 4. The molecule has 0 saturated heterocycles. The lowest BCUT2D eigenvalue weighted by Gasteiger charge is -2.12. The Kier molecular flexibility index (Phi) is 3.42. The second-order valence-electron chi connectivity index (χ2n) is 5.37. The highest BCUT2D eigenvalue weighted by Crippen LogP contribution is 2.42. The number of para-hydroxylation sites is 2. The van der Waals surface area contributed by atoms with Crippen LogP contribution in [0.2, 0.25) is 0 Å². The van der Waals surface area contributed by atoms with E-state index in [9.17, 15) is 9.59 Å². The fourth-order valence-corrected chi connectivity index (χ4v) is 3.96. The Morgan fingerprint density at radius 1 is 1.04 bits per heavy atom. The molecule has 0 spiro atoms. The van der Waals surface area contributed by atoms with E-state index < -0.39 is 0 Å². The van der Waals surface area contributed by atoms with Crippen LogP contribution in [0.1, 0.15) is 17.2 Å². The fraction of sp³-hybridized carbons (Fsp3) is 0.111. The Morgan fingerprint density at radius 2 is 1.83 bits per heavy atom. The molecule has 2 heterocycles. The molecule has 1 atom stereocenters. The van der Waals surface area contributed by atoms with Crippen LogP contribution in [0.3, 0.4) is 0 Å². The molecular weight excluding hydrogens is 310 g/mol. The van der Waals surface area contributed by atoms with Gasteiger partial charge in [-0.2, -0.15) is 0 Å². The first-order valence-corrected chi connectivity index (χ1v) is 8.16. The molecule has 3 aromatic rings. The highest BCUT2D eigenvalue weighted by atomic mass is 32.2. The zero-order valence-corrected chi connectivity index (χ0v) is 12.9. The van der Waals surface area contributed by atoms with Gasteiger partial charge in [-0.1, -0.05) is 24.3 Å². The van der Waals surface area contributed by atoms with Crippen molar-refractivity contribution in [2.45, 2.75) is 16.6 Å². The molecule has 2 aromatic carbocycles. The lowest BCUT2D eigenvalue weighted by atomic mass is 10.1. The Labute approximate surface area is 136 Å². The lowest BCUT2D eigenvalue weighted by molar-refractivity contribution is -0.116. The van der Waals surface area contributed by atoms with E-state index in [2.05, 4.69) is 5.32 Å². The maximum Gasteiger partial charge on any atom is 0.225 e. The molecule has 0 aliphatic carbocycles. The van der Waals surface area contributed by atoms with Gasteiger partial charge in [-0.05, 0) is 24.3 Å². The first-order chi connectivity index (χ1) is 11.2. The zero-order valence-electron chi connectivity index (χ0n) is 12.1. The van der Waals surface area contributed by atoms with Crippen LogP contribution in [0, 0.1) is 0 Å². The first kappa shape index (κ1) is 14.1. The number of amides is 1. The van der Waals surface area contributed by atoms with Crippen molar-refractivity contribution in [2.75, 3.05) is 5.32 Å². The molecule has 0 fully saturated rings. The van der Waals surface area contributed by atoms with E-state index >= 15 is 0 Å². The maximum absolute atomic E-state index is 12.8. The second-order valence-corrected chi connectivity index (χ2v) is 6.62. The number of rotatable bonds is 1. The fourth-order valence-electron chi connectivity index (χ4n) is 2.73. The summed E-state index contributed by atoms with van der Waals surface area (Å²) in [5.74, 6) is -0.0972. The van der Waals surface area contributed by atoms with Crippen molar-refractivity contribution in [3.05, 3.63) is 70.6 Å². The van der Waals surface area contributed by atoms with E-state index in [0.717, 1.165) is 10.6 Å². The molecule has 0 radical (unpaired) electrons. The van der Waals surface area contributed by atoms with Crippen LogP contribution in [0.25, 0.3) is 11.0 Å². The Hall–Kier alpha value is -2.53. The number of hydrogen-bond donors (Lipinski definition) is 1. The highest BCUT2D eigenvalue weighted by molar-refractivity contribution is 7.99. The third-order valence-electron chi connectivity index (χ3n) is 3.85. The van der Waals surface area contributed by atoms with Gasteiger partial charge in [0.1, 0.15) is 5.58 Å². The van der Waals surface area contributed by atoms with E-state index in [1.807, 2.05) is 36.4 Å². The van der Waals surface area contributed by atoms with Crippen molar-refractivity contribution in [3.63, 3.8) is 0 Å². The summed E-state index contributed by atoms with van der Waals surface area (Å²) in [6, 6.07) is 14.8. The van der Waals surface area contributed by atoms with Gasteiger partial charge >= 0.3 is 0 Å². The highest BCUT2D eigenvalue weighted by Gasteiger charge is 2.26. The third kappa shape index (κ3) is 2.53. The van der Waals surface area contributed by atoms with Crippen molar-refractivity contribution in [1.29, 1.82) is 0 Å². The minimum absolute atomic E-state index is 0.0727. The van der Waals surface area contributed by atoms with Gasteiger partial charge in [0.2, 0.25) is 5.91 Å². The monoisotopic (exact) mass is 323 g/mol. The smallest absolute Gasteiger partial charge is 0.225 e. The summed E-state index contributed by atoms with van der Waals surface area (Å²) < 4.78 is 5.60. The minimum Gasteiger partial charge on any atom is -0.464 e. The van der Waals surface area contributed by atoms with E-state index in [4.69, 9.17) is 4.42 Å². The van der Waals surface area contributed by atoms with Crippen LogP contribution in [0.4, 0.5) is 5.69 Å². The van der Waals surface area contributed by atoms with Gasteiger partial charge in [0.25, 0.3) is 0 Å². The average Bonchev–Trinajstić information content (AvgIpc) is 2.73. The molecule has 5 heteroatoms. The number of carbonyl (C=O) groups is 1. The van der Waals surface area contributed by atoms with Gasteiger partial charge < -0.3 is 9.73 Å². The Balaban J connectivity index is 1.83. The molecule has 1 aliphatic heterocycles. The Morgan fingerprint density at radius 3 is 2.74 bits per heavy atom. The van der Waals surface area contributed by atoms with Crippen LogP contribution < -0.4 is 10.7 Å². The molecule has 0 unspecified atom stereocenters. The SMILES string of the molecule is O=C1C[C@@H](c2coc3ccccc3c2=O)Sc2ccccc2N1. The quantitative estimate of drug-likeness (QED) is 0.736. The molecule has 4 rings (SSSR count). The largest absolute Gasteiger partial charge is 0.464 e. The zero-order chi connectivity index (χ0) is 15.8. The number of benzene rings is 2. The summed E-state index contributed by atoms with van der Waals surface area (Å²) >= 11 is 1.51. The van der Waals surface area contributed by atoms with E-state index in [-0.39, 0.29) is 23.0 Å². The van der Waals surface area contributed by atoms with Crippen LogP contribution in [-0.4, -0.2) is 5.91 Å². The summed E-state index contributed by atoms with van der Waals surface area (Å²) in [7, 11) is 0. The Bertz CT molecular complexity index is 964. The summed E-state index contributed by atoms with van der Waals surface area (Å²) in [6.45, 7) is 0. The standard InChI is InChI=1S/C18H13NO3S/c20-17-9-16(23-15-8-4-2-6-13(15)19-17)12-10-22-14-7-3-1-5-11(14)18(12)21/h1-8,10,16H,9H2,(H,19,20)/t16-/m0/s1. The topological polar surface area (TPSA) is 59.3 Å². The third-order valence-corrected chi connectivity index (χ3v) is 5.17. The second kappa shape index (κ2) is 5.59. The number of anilines is 1. The lowest BCUT2D eigenvalue weighted by Crippen LogP contribution is -2.16. The summed E-state index contributed by atoms with van der Waals surface area (Å²) in [5.41, 5.74) is 1.80. The molecule has 1 N–H and O–H groups in total. The number of nitrogens with one attached hydrogen (secondary N) is 1. The number of thioether (sulfide) groups is 1. The van der Waals surface area contributed by atoms with Gasteiger partial charge in [-0.15, -0.1) is 11.8 Å². The molecule has 114 valence electrons. The molecule has 1 amide bonds. The van der Waals surface area contributed by atoms with Gasteiger partial charge in [0.15, 0.2) is 5.43 Å². The molecular formula is C18H13NO3S. The molecule has 1 aliphatic rings. The van der Waals surface area contributed by atoms with E-state index in [1.165, 1.54) is 18.0 Å².